The van der Waals surface area contributed by atoms with Gasteiger partial charge in [-0.25, -0.2) is 15.0 Å². The lowest BCUT2D eigenvalue weighted by Gasteiger charge is -2.23. The second-order valence-corrected chi connectivity index (χ2v) is 8.11. The molecule has 1 aliphatic heterocycles. The molecule has 0 amide bonds. The maximum Gasteiger partial charge on any atom is 0.303 e. The van der Waals surface area contributed by atoms with Crippen LogP contribution in [0.3, 0.4) is 0 Å². The van der Waals surface area contributed by atoms with Crippen LogP contribution in [0.25, 0.3) is 11.2 Å². The summed E-state index contributed by atoms with van der Waals surface area (Å²) in [5.41, 5.74) is 1.01. The molecule has 1 aliphatic rings. The van der Waals surface area contributed by atoms with Gasteiger partial charge in [0.25, 0.3) is 0 Å². The Morgan fingerprint density at radius 1 is 1.07 bits per heavy atom. The fraction of sp³-hybridized carbons (Fsp3) is 0.500. The summed E-state index contributed by atoms with van der Waals surface area (Å²) in [4.78, 5) is 47.6. The molecule has 1 saturated heterocycles. The van der Waals surface area contributed by atoms with Gasteiger partial charge in [-0.05, 0) is 22.6 Å². The molecular formula is C16H16I2N4O7. The van der Waals surface area contributed by atoms with E-state index in [2.05, 4.69) is 15.0 Å². The standard InChI is InChI=1S/C16H16I2N4O7/c1-6(23)26-4-9-11(27-7(2)24)12(28-8(3)25)15(29-9)22-5-19-10-13(17)20-16(18)21-14(10)22/h5,9,11-12,15H,4H2,1-3H3/t9-,11-,12-,15-/m1/s1. The summed E-state index contributed by atoms with van der Waals surface area (Å²) < 4.78 is 24.5. The topological polar surface area (TPSA) is 132 Å². The minimum absolute atomic E-state index is 0.182. The number of hydrogen-bond donors (Lipinski definition) is 0. The van der Waals surface area contributed by atoms with Gasteiger partial charge < -0.3 is 18.9 Å². The lowest BCUT2D eigenvalue weighted by molar-refractivity contribution is -0.166. The smallest absolute Gasteiger partial charge is 0.303 e. The molecule has 3 rings (SSSR count). The number of imidazole rings is 1. The van der Waals surface area contributed by atoms with Gasteiger partial charge in [0.1, 0.15) is 21.9 Å². The van der Waals surface area contributed by atoms with E-state index in [0.29, 0.717) is 18.7 Å². The van der Waals surface area contributed by atoms with Crippen LogP contribution in [0.2, 0.25) is 0 Å². The highest BCUT2D eigenvalue weighted by atomic mass is 127. The molecule has 0 saturated carbocycles. The van der Waals surface area contributed by atoms with Crippen LogP contribution in [-0.2, 0) is 33.3 Å². The predicted octanol–water partition coefficient (Wildman–Crippen LogP) is 1.36. The van der Waals surface area contributed by atoms with Gasteiger partial charge in [-0.1, -0.05) is 0 Å². The zero-order chi connectivity index (χ0) is 21.3. The van der Waals surface area contributed by atoms with Crippen LogP contribution in [0.5, 0.6) is 0 Å². The first-order valence-corrected chi connectivity index (χ1v) is 10.5. The number of aromatic nitrogens is 4. The van der Waals surface area contributed by atoms with Crippen LogP contribution in [0.1, 0.15) is 27.0 Å². The number of halogens is 2. The van der Waals surface area contributed by atoms with Crippen molar-refractivity contribution in [3.8, 4) is 0 Å². The number of hydrogen-bond acceptors (Lipinski definition) is 10. The Labute approximate surface area is 192 Å². The first-order valence-electron chi connectivity index (χ1n) is 8.36. The van der Waals surface area contributed by atoms with E-state index in [1.807, 2.05) is 45.2 Å². The summed E-state index contributed by atoms with van der Waals surface area (Å²) in [7, 11) is 0. The highest BCUT2D eigenvalue weighted by Gasteiger charge is 2.51. The van der Waals surface area contributed by atoms with Crippen LogP contribution in [0, 0.1) is 7.53 Å². The number of carbonyl (C=O) groups is 3. The van der Waals surface area contributed by atoms with Crippen molar-refractivity contribution in [3.05, 3.63) is 13.9 Å². The van der Waals surface area contributed by atoms with Crippen LogP contribution >= 0.6 is 45.2 Å². The minimum Gasteiger partial charge on any atom is -0.463 e. The van der Waals surface area contributed by atoms with E-state index >= 15 is 0 Å². The molecule has 13 heteroatoms. The average molecular weight is 630 g/mol. The predicted molar refractivity (Wildman–Crippen MR) is 112 cm³/mol. The number of fused-ring (bicyclic) bond motifs is 1. The minimum atomic E-state index is -1.00. The van der Waals surface area contributed by atoms with Crippen molar-refractivity contribution < 1.29 is 33.3 Å². The Hall–Kier alpha value is -1.62. The van der Waals surface area contributed by atoms with Gasteiger partial charge in [0.05, 0.1) is 6.33 Å². The normalized spacial score (nSPS) is 23.8. The molecule has 0 bridgehead atoms. The molecule has 0 aliphatic carbocycles. The number of carbonyl (C=O) groups excluding carboxylic acids is 3. The molecule has 0 N–H and O–H groups in total. The van der Waals surface area contributed by atoms with Crippen molar-refractivity contribution in [1.29, 1.82) is 0 Å². The second kappa shape index (κ2) is 9.03. The van der Waals surface area contributed by atoms with Crippen molar-refractivity contribution in [1.82, 2.24) is 19.5 Å². The molecule has 2 aromatic rings. The number of ether oxygens (including phenoxy) is 4. The molecule has 0 aromatic carbocycles. The Balaban J connectivity index is 2.04. The van der Waals surface area contributed by atoms with Crippen molar-refractivity contribution >= 4 is 74.3 Å². The maximum atomic E-state index is 11.7. The van der Waals surface area contributed by atoms with E-state index in [0.717, 1.165) is 0 Å². The largest absolute Gasteiger partial charge is 0.463 e. The van der Waals surface area contributed by atoms with E-state index in [9.17, 15) is 14.4 Å². The molecule has 4 atom stereocenters. The monoisotopic (exact) mass is 630 g/mol. The van der Waals surface area contributed by atoms with Crippen molar-refractivity contribution in [2.45, 2.75) is 45.3 Å². The van der Waals surface area contributed by atoms with Gasteiger partial charge >= 0.3 is 17.9 Å². The van der Waals surface area contributed by atoms with E-state index in [1.165, 1.54) is 27.1 Å². The van der Waals surface area contributed by atoms with Crippen molar-refractivity contribution in [2.24, 2.45) is 0 Å². The highest BCUT2D eigenvalue weighted by molar-refractivity contribution is 14.1. The Bertz CT molecular complexity index is 966. The first-order chi connectivity index (χ1) is 13.7. The Morgan fingerprint density at radius 2 is 1.72 bits per heavy atom. The summed E-state index contributed by atoms with van der Waals surface area (Å²) in [5.74, 6) is -1.70. The van der Waals surface area contributed by atoms with Gasteiger partial charge in [0, 0.05) is 43.4 Å². The van der Waals surface area contributed by atoms with Crippen molar-refractivity contribution in [2.75, 3.05) is 6.61 Å². The van der Waals surface area contributed by atoms with Gasteiger partial charge in [-0.2, -0.15) is 0 Å². The van der Waals surface area contributed by atoms with Gasteiger partial charge in [0.15, 0.2) is 27.9 Å². The molecule has 1 fully saturated rings. The van der Waals surface area contributed by atoms with Gasteiger partial charge in [-0.3, -0.25) is 19.0 Å². The van der Waals surface area contributed by atoms with Crippen molar-refractivity contribution in [3.63, 3.8) is 0 Å². The molecule has 0 unspecified atom stereocenters. The Morgan fingerprint density at radius 3 is 2.34 bits per heavy atom. The maximum absolute atomic E-state index is 11.7. The first kappa shape index (κ1) is 22.1. The molecule has 156 valence electrons. The third-order valence-corrected chi connectivity index (χ3v) is 5.20. The summed E-state index contributed by atoms with van der Waals surface area (Å²) in [6, 6.07) is 0. The molecule has 29 heavy (non-hydrogen) atoms. The fourth-order valence-corrected chi connectivity index (χ4v) is 4.50. The summed E-state index contributed by atoms with van der Waals surface area (Å²) in [6.45, 7) is 3.53. The summed E-state index contributed by atoms with van der Waals surface area (Å²) in [5, 5.41) is 0. The van der Waals surface area contributed by atoms with Crippen LogP contribution in [0.15, 0.2) is 6.33 Å². The molecule has 0 spiro atoms. The van der Waals surface area contributed by atoms with Crippen LogP contribution in [-0.4, -0.2) is 62.3 Å². The third-order valence-electron chi connectivity index (χ3n) is 3.97. The fourth-order valence-electron chi connectivity index (χ4n) is 2.96. The zero-order valence-corrected chi connectivity index (χ0v) is 19.8. The van der Waals surface area contributed by atoms with E-state index in [-0.39, 0.29) is 6.61 Å². The summed E-state index contributed by atoms with van der Waals surface area (Å²) >= 11 is 4.03. The lowest BCUT2D eigenvalue weighted by atomic mass is 10.1. The molecule has 0 radical (unpaired) electrons. The molecule has 2 aromatic heterocycles. The van der Waals surface area contributed by atoms with Crippen LogP contribution < -0.4 is 0 Å². The molecular weight excluding hydrogens is 614 g/mol. The Kier molecular flexibility index (Phi) is 6.87. The van der Waals surface area contributed by atoms with E-state index in [1.54, 1.807) is 4.57 Å². The number of esters is 3. The van der Waals surface area contributed by atoms with Gasteiger partial charge in [0.2, 0.25) is 0 Å². The second-order valence-electron chi connectivity index (χ2n) is 6.12. The summed E-state index contributed by atoms with van der Waals surface area (Å²) in [6.07, 6.45) is -2.26. The average Bonchev–Trinajstić information content (AvgIpc) is 3.15. The SMILES string of the molecule is CC(=O)OC[C@H]1O[C@@H](n2cnc3c(I)nc(I)nc32)[C@H](OC(C)=O)[C@@H]1OC(C)=O. The number of rotatable bonds is 5. The van der Waals surface area contributed by atoms with Crippen LogP contribution in [0.4, 0.5) is 0 Å². The van der Waals surface area contributed by atoms with Gasteiger partial charge in [-0.15, -0.1) is 0 Å². The lowest BCUT2D eigenvalue weighted by Crippen LogP contribution is -2.40. The third kappa shape index (κ3) is 4.93. The molecule has 11 nitrogen and oxygen atoms in total. The number of nitrogens with zero attached hydrogens (tertiary/aromatic N) is 4. The molecule has 3 heterocycles. The van der Waals surface area contributed by atoms with E-state index in [4.69, 9.17) is 18.9 Å². The van der Waals surface area contributed by atoms with E-state index < -0.39 is 42.4 Å². The zero-order valence-electron chi connectivity index (χ0n) is 15.5. The highest BCUT2D eigenvalue weighted by Crippen LogP contribution is 2.36. The quantitative estimate of drug-likeness (QED) is 0.157.